The van der Waals surface area contributed by atoms with Crippen LogP contribution >= 0.6 is 0 Å². The van der Waals surface area contributed by atoms with Gasteiger partial charge >= 0.3 is 12.0 Å². The van der Waals surface area contributed by atoms with Crippen molar-refractivity contribution in [2.75, 3.05) is 13.7 Å². The van der Waals surface area contributed by atoms with Gasteiger partial charge in [-0.25, -0.2) is 9.59 Å². The summed E-state index contributed by atoms with van der Waals surface area (Å²) in [6.07, 6.45) is 0. The van der Waals surface area contributed by atoms with Gasteiger partial charge < -0.3 is 15.2 Å². The SMILES string of the molecule is CNC(=O)NC(=O)COc1cc(C)ccc1C(=O)O. The maximum absolute atomic E-state index is 11.3. The molecule has 7 nitrogen and oxygen atoms in total. The minimum Gasteiger partial charge on any atom is -0.483 e. The van der Waals surface area contributed by atoms with Crippen LogP contribution in [-0.4, -0.2) is 36.7 Å². The molecule has 0 aliphatic carbocycles. The summed E-state index contributed by atoms with van der Waals surface area (Å²) in [6, 6.07) is 3.87. The molecule has 3 amide bonds. The summed E-state index contributed by atoms with van der Waals surface area (Å²) in [7, 11) is 1.37. The molecule has 1 aromatic rings. The molecule has 0 unspecified atom stereocenters. The predicted molar refractivity (Wildman–Crippen MR) is 66.2 cm³/mol. The molecule has 0 spiro atoms. The van der Waals surface area contributed by atoms with Gasteiger partial charge in [0.25, 0.3) is 5.91 Å². The Morgan fingerprint density at radius 1 is 1.32 bits per heavy atom. The smallest absolute Gasteiger partial charge is 0.339 e. The molecule has 3 N–H and O–H groups in total. The van der Waals surface area contributed by atoms with Gasteiger partial charge in [0.2, 0.25) is 0 Å². The Kier molecular flexibility index (Phi) is 4.87. The van der Waals surface area contributed by atoms with Gasteiger partial charge in [-0.2, -0.15) is 0 Å². The van der Waals surface area contributed by atoms with Crippen LogP contribution in [0, 0.1) is 6.92 Å². The third-order valence-corrected chi connectivity index (χ3v) is 2.21. The van der Waals surface area contributed by atoms with E-state index in [1.54, 1.807) is 13.0 Å². The largest absolute Gasteiger partial charge is 0.483 e. The summed E-state index contributed by atoms with van der Waals surface area (Å²) in [4.78, 5) is 33.1. The quantitative estimate of drug-likeness (QED) is 0.737. The molecule has 0 atom stereocenters. The summed E-state index contributed by atoms with van der Waals surface area (Å²) in [6.45, 7) is 1.32. The lowest BCUT2D eigenvalue weighted by Crippen LogP contribution is -2.40. The molecular formula is C12H14N2O5. The number of aromatic carboxylic acids is 1. The van der Waals surface area contributed by atoms with Crippen LogP contribution in [0.1, 0.15) is 15.9 Å². The summed E-state index contributed by atoms with van der Waals surface area (Å²) < 4.78 is 5.11. The normalized spacial score (nSPS) is 9.58. The highest BCUT2D eigenvalue weighted by Gasteiger charge is 2.13. The van der Waals surface area contributed by atoms with Crippen molar-refractivity contribution in [3.63, 3.8) is 0 Å². The summed E-state index contributed by atoms with van der Waals surface area (Å²) >= 11 is 0. The van der Waals surface area contributed by atoms with Gasteiger partial charge in [-0.3, -0.25) is 10.1 Å². The number of ether oxygens (including phenoxy) is 1. The van der Waals surface area contributed by atoms with Crippen LogP contribution in [-0.2, 0) is 4.79 Å². The molecule has 0 heterocycles. The number of hydrogen-bond donors (Lipinski definition) is 3. The van der Waals surface area contributed by atoms with Crippen molar-refractivity contribution >= 4 is 17.9 Å². The third-order valence-electron chi connectivity index (χ3n) is 2.21. The van der Waals surface area contributed by atoms with Crippen molar-refractivity contribution in [1.29, 1.82) is 0 Å². The minimum atomic E-state index is -1.15. The zero-order chi connectivity index (χ0) is 14.4. The lowest BCUT2D eigenvalue weighted by atomic mass is 10.1. The van der Waals surface area contributed by atoms with E-state index < -0.39 is 24.5 Å². The summed E-state index contributed by atoms with van der Waals surface area (Å²) in [5, 5.41) is 13.2. The number of aryl methyl sites for hydroxylation is 1. The van der Waals surface area contributed by atoms with Crippen molar-refractivity contribution in [2.24, 2.45) is 0 Å². The number of carboxylic acids is 1. The van der Waals surface area contributed by atoms with E-state index in [0.29, 0.717) is 0 Å². The molecule has 0 bridgehead atoms. The number of hydrogen-bond acceptors (Lipinski definition) is 4. The van der Waals surface area contributed by atoms with Crippen LogP contribution in [0.5, 0.6) is 5.75 Å². The fourth-order valence-corrected chi connectivity index (χ4v) is 1.29. The Morgan fingerprint density at radius 2 is 2.00 bits per heavy atom. The second-order valence-electron chi connectivity index (χ2n) is 3.72. The zero-order valence-corrected chi connectivity index (χ0v) is 10.5. The lowest BCUT2D eigenvalue weighted by Gasteiger charge is -2.09. The van der Waals surface area contributed by atoms with E-state index in [-0.39, 0.29) is 11.3 Å². The van der Waals surface area contributed by atoms with Crippen molar-refractivity contribution in [1.82, 2.24) is 10.6 Å². The number of benzene rings is 1. The van der Waals surface area contributed by atoms with Crippen LogP contribution in [0.3, 0.4) is 0 Å². The Balaban J connectivity index is 2.72. The van der Waals surface area contributed by atoms with E-state index in [1.807, 2.05) is 5.32 Å². The number of carboxylic acid groups (broad SMARTS) is 1. The first-order chi connectivity index (χ1) is 8.93. The predicted octanol–water partition coefficient (Wildman–Crippen LogP) is 0.528. The molecule has 102 valence electrons. The molecule has 0 radical (unpaired) electrons. The van der Waals surface area contributed by atoms with Gasteiger partial charge in [-0.1, -0.05) is 6.07 Å². The average molecular weight is 266 g/mol. The van der Waals surface area contributed by atoms with Crippen molar-refractivity contribution < 1.29 is 24.2 Å². The van der Waals surface area contributed by atoms with Gasteiger partial charge in [-0.15, -0.1) is 0 Å². The Bertz CT molecular complexity index is 513. The minimum absolute atomic E-state index is 0.0432. The first kappa shape index (κ1) is 14.5. The van der Waals surface area contributed by atoms with E-state index in [2.05, 4.69) is 5.32 Å². The second kappa shape index (κ2) is 6.39. The van der Waals surface area contributed by atoms with Gasteiger partial charge in [0.1, 0.15) is 11.3 Å². The molecule has 7 heteroatoms. The van der Waals surface area contributed by atoms with E-state index in [4.69, 9.17) is 9.84 Å². The standard InChI is InChI=1S/C12H14N2O5/c1-7-3-4-8(11(16)17)9(5-7)19-6-10(15)14-12(18)13-2/h3-5H,6H2,1-2H3,(H,16,17)(H2,13,14,15,18). The molecule has 0 aromatic heterocycles. The molecule has 0 saturated carbocycles. The fourth-order valence-electron chi connectivity index (χ4n) is 1.29. The van der Waals surface area contributed by atoms with Gasteiger partial charge in [0, 0.05) is 7.05 Å². The molecule has 0 aliphatic heterocycles. The number of carbonyl (C=O) groups is 3. The number of rotatable bonds is 4. The van der Waals surface area contributed by atoms with E-state index >= 15 is 0 Å². The van der Waals surface area contributed by atoms with E-state index in [0.717, 1.165) is 5.56 Å². The molecule has 0 saturated heterocycles. The number of carbonyl (C=O) groups excluding carboxylic acids is 2. The topological polar surface area (TPSA) is 105 Å². The number of nitrogens with one attached hydrogen (secondary N) is 2. The van der Waals surface area contributed by atoms with Crippen LogP contribution in [0.25, 0.3) is 0 Å². The Labute approximate surface area is 109 Å². The lowest BCUT2D eigenvalue weighted by molar-refractivity contribution is -0.122. The second-order valence-corrected chi connectivity index (χ2v) is 3.72. The highest BCUT2D eigenvalue weighted by Crippen LogP contribution is 2.20. The summed E-state index contributed by atoms with van der Waals surface area (Å²) in [5.74, 6) is -1.74. The zero-order valence-electron chi connectivity index (χ0n) is 10.5. The first-order valence-corrected chi connectivity index (χ1v) is 5.42. The number of amides is 3. The van der Waals surface area contributed by atoms with E-state index in [9.17, 15) is 14.4 Å². The Hall–Kier alpha value is -2.57. The van der Waals surface area contributed by atoms with Crippen molar-refractivity contribution in [3.05, 3.63) is 29.3 Å². The van der Waals surface area contributed by atoms with Crippen molar-refractivity contribution in [3.8, 4) is 5.75 Å². The molecular weight excluding hydrogens is 252 g/mol. The van der Waals surface area contributed by atoms with Crippen molar-refractivity contribution in [2.45, 2.75) is 6.92 Å². The van der Waals surface area contributed by atoms with Gasteiger partial charge in [-0.05, 0) is 24.6 Å². The van der Waals surface area contributed by atoms with Crippen LogP contribution < -0.4 is 15.4 Å². The molecule has 0 aliphatic rings. The molecule has 1 aromatic carbocycles. The Morgan fingerprint density at radius 3 is 2.58 bits per heavy atom. The van der Waals surface area contributed by atoms with Crippen LogP contribution in [0.4, 0.5) is 4.79 Å². The first-order valence-electron chi connectivity index (χ1n) is 5.42. The third kappa shape index (κ3) is 4.30. The molecule has 19 heavy (non-hydrogen) atoms. The van der Waals surface area contributed by atoms with Crippen LogP contribution in [0.2, 0.25) is 0 Å². The highest BCUT2D eigenvalue weighted by molar-refractivity contribution is 5.95. The summed E-state index contributed by atoms with van der Waals surface area (Å²) in [5.41, 5.74) is 0.755. The maximum atomic E-state index is 11.3. The van der Waals surface area contributed by atoms with Crippen LogP contribution in [0.15, 0.2) is 18.2 Å². The number of urea groups is 1. The van der Waals surface area contributed by atoms with E-state index in [1.165, 1.54) is 19.2 Å². The number of imide groups is 1. The highest BCUT2D eigenvalue weighted by atomic mass is 16.5. The van der Waals surface area contributed by atoms with Gasteiger partial charge in [0.05, 0.1) is 0 Å². The average Bonchev–Trinajstić information content (AvgIpc) is 2.35. The monoisotopic (exact) mass is 266 g/mol. The molecule has 1 rings (SSSR count). The van der Waals surface area contributed by atoms with Gasteiger partial charge in [0.15, 0.2) is 6.61 Å². The fraction of sp³-hybridized carbons (Fsp3) is 0.250. The molecule has 0 fully saturated rings. The maximum Gasteiger partial charge on any atom is 0.339 e.